The molecule has 1 N–H and O–H groups in total. The molecule has 3 aromatic rings. The number of hydrogen-bond donors (Lipinski definition) is 1. The van der Waals surface area contributed by atoms with E-state index in [1.54, 1.807) is 0 Å². The number of phenols is 1. The normalized spacial score (nSPS) is 10.5. The monoisotopic (exact) mass is 286 g/mol. The number of ether oxygens (including phenoxy) is 1. The smallest absolute Gasteiger partial charge is 0.169 e. The van der Waals surface area contributed by atoms with Crippen LogP contribution in [0.2, 0.25) is 0 Å². The molecular formula is C15H8F2N2O2. The van der Waals surface area contributed by atoms with Gasteiger partial charge in [0.15, 0.2) is 17.2 Å². The van der Waals surface area contributed by atoms with Gasteiger partial charge < -0.3 is 14.2 Å². The predicted octanol–water partition coefficient (Wildman–Crippen LogP) is 3.59. The van der Waals surface area contributed by atoms with Gasteiger partial charge in [-0.15, -0.1) is 0 Å². The summed E-state index contributed by atoms with van der Waals surface area (Å²) in [4.78, 5) is 0. The molecule has 0 spiro atoms. The lowest BCUT2D eigenvalue weighted by Gasteiger charge is -2.09. The summed E-state index contributed by atoms with van der Waals surface area (Å²) in [7, 11) is 0. The molecule has 0 atom stereocenters. The maximum atomic E-state index is 13.6. The molecule has 0 saturated heterocycles. The average Bonchev–Trinajstić information content (AvgIpc) is 2.85. The van der Waals surface area contributed by atoms with E-state index in [1.807, 2.05) is 6.07 Å². The van der Waals surface area contributed by atoms with Crippen molar-refractivity contribution in [2.75, 3.05) is 0 Å². The zero-order valence-corrected chi connectivity index (χ0v) is 10.5. The van der Waals surface area contributed by atoms with Gasteiger partial charge in [0.1, 0.15) is 17.7 Å². The quantitative estimate of drug-likeness (QED) is 0.783. The zero-order valence-electron chi connectivity index (χ0n) is 10.5. The van der Waals surface area contributed by atoms with Crippen LogP contribution in [0.1, 0.15) is 5.56 Å². The molecule has 0 aliphatic heterocycles. The summed E-state index contributed by atoms with van der Waals surface area (Å²) in [5.74, 6) is -1.48. The number of pyridine rings is 1. The molecule has 4 nitrogen and oxygen atoms in total. The van der Waals surface area contributed by atoms with Gasteiger partial charge in [0.25, 0.3) is 0 Å². The van der Waals surface area contributed by atoms with E-state index >= 15 is 0 Å². The van der Waals surface area contributed by atoms with Crippen LogP contribution in [0.25, 0.3) is 5.52 Å². The van der Waals surface area contributed by atoms with Crippen molar-refractivity contribution in [2.24, 2.45) is 0 Å². The molecule has 0 radical (unpaired) electrons. The van der Waals surface area contributed by atoms with Crippen molar-refractivity contribution < 1.29 is 18.6 Å². The van der Waals surface area contributed by atoms with Gasteiger partial charge in [0.05, 0.1) is 11.1 Å². The molecule has 0 saturated carbocycles. The van der Waals surface area contributed by atoms with Gasteiger partial charge in [-0.05, 0) is 18.2 Å². The molecular weight excluding hydrogens is 278 g/mol. The molecule has 0 bridgehead atoms. The van der Waals surface area contributed by atoms with Crippen LogP contribution in [0.3, 0.4) is 0 Å². The van der Waals surface area contributed by atoms with Crippen molar-refractivity contribution >= 4 is 5.52 Å². The fourth-order valence-electron chi connectivity index (χ4n) is 1.99. The first-order chi connectivity index (χ1) is 10.1. The van der Waals surface area contributed by atoms with Crippen LogP contribution in [-0.2, 0) is 0 Å². The summed E-state index contributed by atoms with van der Waals surface area (Å²) >= 11 is 0. The van der Waals surface area contributed by atoms with Crippen LogP contribution >= 0.6 is 0 Å². The van der Waals surface area contributed by atoms with Gasteiger partial charge in [0.2, 0.25) is 0 Å². The van der Waals surface area contributed by atoms with E-state index in [1.165, 1.54) is 28.9 Å². The minimum absolute atomic E-state index is 0.0105. The van der Waals surface area contributed by atoms with Crippen LogP contribution in [0.15, 0.2) is 42.7 Å². The summed E-state index contributed by atoms with van der Waals surface area (Å²) in [5, 5.41) is 18.5. The van der Waals surface area contributed by atoms with E-state index in [9.17, 15) is 13.9 Å². The Bertz CT molecular complexity index is 881. The number of hydrogen-bond acceptors (Lipinski definition) is 3. The van der Waals surface area contributed by atoms with Gasteiger partial charge in [-0.3, -0.25) is 0 Å². The highest BCUT2D eigenvalue weighted by Gasteiger charge is 2.12. The van der Waals surface area contributed by atoms with Crippen molar-refractivity contribution in [3.8, 4) is 23.3 Å². The van der Waals surface area contributed by atoms with E-state index in [2.05, 4.69) is 0 Å². The van der Waals surface area contributed by atoms with Crippen LogP contribution in [0.5, 0.6) is 17.2 Å². The van der Waals surface area contributed by atoms with Crippen molar-refractivity contribution in [1.29, 1.82) is 5.26 Å². The highest BCUT2D eigenvalue weighted by atomic mass is 19.1. The summed E-state index contributed by atoms with van der Waals surface area (Å²) in [6.07, 6.45) is 2.66. The molecule has 6 heteroatoms. The van der Waals surface area contributed by atoms with Crippen molar-refractivity contribution in [1.82, 2.24) is 4.40 Å². The van der Waals surface area contributed by atoms with Crippen LogP contribution in [0, 0.1) is 23.0 Å². The number of halogens is 2. The molecule has 0 amide bonds. The maximum absolute atomic E-state index is 13.6. The minimum atomic E-state index is -0.612. The second-order valence-electron chi connectivity index (χ2n) is 4.37. The third-order valence-corrected chi connectivity index (χ3v) is 2.90. The number of benzene rings is 1. The minimum Gasteiger partial charge on any atom is -0.504 e. The van der Waals surface area contributed by atoms with Crippen LogP contribution in [0.4, 0.5) is 8.78 Å². The van der Waals surface area contributed by atoms with Crippen molar-refractivity contribution in [3.63, 3.8) is 0 Å². The molecule has 104 valence electrons. The number of nitrogens with zero attached hydrogens (tertiary/aromatic N) is 2. The van der Waals surface area contributed by atoms with E-state index in [4.69, 9.17) is 10.00 Å². The second kappa shape index (κ2) is 4.80. The molecule has 0 fully saturated rings. The van der Waals surface area contributed by atoms with E-state index in [0.717, 1.165) is 18.2 Å². The van der Waals surface area contributed by atoms with E-state index < -0.39 is 17.4 Å². The fourth-order valence-corrected chi connectivity index (χ4v) is 1.99. The maximum Gasteiger partial charge on any atom is 0.169 e. The average molecular weight is 286 g/mol. The lowest BCUT2D eigenvalue weighted by Crippen LogP contribution is -1.92. The first-order valence-electron chi connectivity index (χ1n) is 5.94. The Hall–Kier alpha value is -3.07. The van der Waals surface area contributed by atoms with Gasteiger partial charge in [-0.1, -0.05) is 0 Å². The Morgan fingerprint density at radius 3 is 2.57 bits per heavy atom. The summed E-state index contributed by atoms with van der Waals surface area (Å²) in [5.41, 5.74) is 0.797. The molecule has 3 rings (SSSR count). The van der Waals surface area contributed by atoms with Crippen LogP contribution in [-0.4, -0.2) is 9.51 Å². The second-order valence-corrected chi connectivity index (χ2v) is 4.37. The van der Waals surface area contributed by atoms with Gasteiger partial charge in [-0.25, -0.2) is 8.78 Å². The summed E-state index contributed by atoms with van der Waals surface area (Å²) in [6.45, 7) is 0. The summed E-state index contributed by atoms with van der Waals surface area (Å²) < 4.78 is 33.3. The number of aromatic hydroxyl groups is 1. The molecule has 2 heterocycles. The Balaban J connectivity index is 2.11. The fraction of sp³-hybridized carbons (Fsp3) is 0. The Morgan fingerprint density at radius 1 is 1.05 bits per heavy atom. The Morgan fingerprint density at radius 2 is 1.86 bits per heavy atom. The third kappa shape index (κ3) is 2.37. The van der Waals surface area contributed by atoms with E-state index in [-0.39, 0.29) is 11.5 Å². The molecule has 2 aromatic heterocycles. The molecule has 0 aliphatic carbocycles. The Kier molecular flexibility index (Phi) is 2.95. The number of rotatable bonds is 2. The van der Waals surface area contributed by atoms with E-state index in [0.29, 0.717) is 11.1 Å². The lowest BCUT2D eigenvalue weighted by molar-refractivity contribution is 0.407. The number of fused-ring (bicyclic) bond motifs is 1. The predicted molar refractivity (Wildman–Crippen MR) is 70.2 cm³/mol. The van der Waals surface area contributed by atoms with Crippen molar-refractivity contribution in [2.45, 2.75) is 0 Å². The van der Waals surface area contributed by atoms with Crippen LogP contribution < -0.4 is 4.74 Å². The molecule has 0 aliphatic rings. The molecule has 21 heavy (non-hydrogen) atoms. The Labute approximate surface area is 118 Å². The number of nitriles is 1. The molecule has 0 unspecified atom stereocenters. The number of phenolic OH excluding ortho intramolecular Hbond substituents is 1. The topological polar surface area (TPSA) is 57.7 Å². The third-order valence-electron chi connectivity index (χ3n) is 2.90. The standard InChI is InChI=1S/C15H8F2N2O2/c16-10-1-2-14(13(20)4-10)21-15-5-11(17)8-19-7-9(6-18)3-12(15)19/h1-5,7-8,20H. The largest absolute Gasteiger partial charge is 0.504 e. The first kappa shape index (κ1) is 12.9. The van der Waals surface area contributed by atoms with Gasteiger partial charge in [0, 0.05) is 24.5 Å². The van der Waals surface area contributed by atoms with Gasteiger partial charge >= 0.3 is 0 Å². The van der Waals surface area contributed by atoms with Crippen molar-refractivity contribution in [3.05, 3.63) is 59.9 Å². The zero-order chi connectivity index (χ0) is 15.0. The first-order valence-corrected chi connectivity index (χ1v) is 5.94. The molecule has 1 aromatic carbocycles. The number of aromatic nitrogens is 1. The highest BCUT2D eigenvalue weighted by molar-refractivity contribution is 5.65. The highest BCUT2D eigenvalue weighted by Crippen LogP contribution is 2.34. The van der Waals surface area contributed by atoms with Gasteiger partial charge in [-0.2, -0.15) is 5.26 Å². The SMILES string of the molecule is N#Cc1cc2c(Oc3ccc(F)cc3O)cc(F)cn2c1. The summed E-state index contributed by atoms with van der Waals surface area (Å²) in [6, 6.07) is 7.84. The lowest BCUT2D eigenvalue weighted by atomic mass is 10.3.